The molecule has 0 saturated heterocycles. The molecule has 0 radical (unpaired) electrons. The van der Waals surface area contributed by atoms with Gasteiger partial charge in [-0.2, -0.15) is 0 Å². The maximum absolute atomic E-state index is 10.00. The average Bonchev–Trinajstić information content (AvgIpc) is 2.81. The molecule has 2 rings (SSSR count). The minimum Gasteiger partial charge on any atom is -0.391 e. The Bertz CT molecular complexity index is 350. The van der Waals surface area contributed by atoms with Crippen LogP contribution in [0.3, 0.4) is 0 Å². The third kappa shape index (κ3) is 4.14. The van der Waals surface area contributed by atoms with Crippen LogP contribution in [0.25, 0.3) is 0 Å². The Morgan fingerprint density at radius 1 is 1.29 bits per heavy atom. The first-order valence-corrected chi connectivity index (χ1v) is 7.50. The molecule has 0 amide bonds. The molecule has 1 aromatic rings. The predicted octanol–water partition coefficient (Wildman–Crippen LogP) is 3.64. The normalized spacial score (nSPS) is 18.2. The number of aliphatic hydroxyl groups excluding tert-OH is 1. The molecule has 0 aliphatic heterocycles. The Kier molecular flexibility index (Phi) is 5.10. The molecule has 1 saturated carbocycles. The summed E-state index contributed by atoms with van der Waals surface area (Å²) in [6, 6.07) is 8.19. The minimum absolute atomic E-state index is 0.214. The van der Waals surface area contributed by atoms with Crippen LogP contribution >= 0.6 is 22.6 Å². The van der Waals surface area contributed by atoms with Crippen LogP contribution in [0.2, 0.25) is 0 Å². The van der Waals surface area contributed by atoms with Crippen molar-refractivity contribution in [3.63, 3.8) is 0 Å². The standard InChI is InChI=1S/C14H20INO/c15-13-7-3-4-8-14(13)16-10-12(17)9-11-5-1-2-6-11/h3-4,7-8,11-12,16-17H,1-2,5-6,9-10H2. The zero-order valence-corrected chi connectivity index (χ0v) is 12.2. The molecule has 1 aliphatic rings. The summed E-state index contributed by atoms with van der Waals surface area (Å²) in [4.78, 5) is 0. The van der Waals surface area contributed by atoms with Crippen molar-refractivity contribution in [1.82, 2.24) is 0 Å². The van der Waals surface area contributed by atoms with Gasteiger partial charge in [-0.05, 0) is 47.1 Å². The van der Waals surface area contributed by atoms with Crippen LogP contribution in [0.1, 0.15) is 32.1 Å². The Labute approximate surface area is 117 Å². The number of hydrogen-bond acceptors (Lipinski definition) is 2. The van der Waals surface area contributed by atoms with Crippen molar-refractivity contribution in [3.05, 3.63) is 27.8 Å². The quantitative estimate of drug-likeness (QED) is 0.799. The van der Waals surface area contributed by atoms with Gasteiger partial charge in [0.05, 0.1) is 6.10 Å². The van der Waals surface area contributed by atoms with Crippen LogP contribution in [0.4, 0.5) is 5.69 Å². The number of anilines is 1. The van der Waals surface area contributed by atoms with Crippen molar-refractivity contribution < 1.29 is 5.11 Å². The molecule has 2 nitrogen and oxygen atoms in total. The van der Waals surface area contributed by atoms with Crippen molar-refractivity contribution in [2.75, 3.05) is 11.9 Å². The second kappa shape index (κ2) is 6.59. The molecule has 1 aliphatic carbocycles. The molecule has 1 aromatic carbocycles. The highest BCUT2D eigenvalue weighted by molar-refractivity contribution is 14.1. The fraction of sp³-hybridized carbons (Fsp3) is 0.571. The molecule has 2 N–H and O–H groups in total. The zero-order chi connectivity index (χ0) is 12.1. The summed E-state index contributed by atoms with van der Waals surface area (Å²) in [6.45, 7) is 0.663. The van der Waals surface area contributed by atoms with E-state index in [4.69, 9.17) is 0 Å². The Morgan fingerprint density at radius 3 is 2.71 bits per heavy atom. The van der Waals surface area contributed by atoms with Gasteiger partial charge in [0.25, 0.3) is 0 Å². The highest BCUT2D eigenvalue weighted by atomic mass is 127. The first-order valence-electron chi connectivity index (χ1n) is 6.42. The fourth-order valence-corrected chi connectivity index (χ4v) is 3.12. The lowest BCUT2D eigenvalue weighted by Gasteiger charge is -2.17. The summed E-state index contributed by atoms with van der Waals surface area (Å²) in [5.41, 5.74) is 1.12. The fourth-order valence-electron chi connectivity index (χ4n) is 2.55. The van der Waals surface area contributed by atoms with E-state index >= 15 is 0 Å². The maximum Gasteiger partial charge on any atom is 0.0715 e. The van der Waals surface area contributed by atoms with E-state index in [1.807, 2.05) is 12.1 Å². The topological polar surface area (TPSA) is 32.3 Å². The van der Waals surface area contributed by atoms with E-state index in [9.17, 15) is 5.11 Å². The van der Waals surface area contributed by atoms with E-state index in [1.165, 1.54) is 29.3 Å². The van der Waals surface area contributed by atoms with Gasteiger partial charge in [0.15, 0.2) is 0 Å². The van der Waals surface area contributed by atoms with E-state index < -0.39 is 0 Å². The first kappa shape index (κ1) is 13.1. The van der Waals surface area contributed by atoms with E-state index in [1.54, 1.807) is 0 Å². The summed E-state index contributed by atoms with van der Waals surface area (Å²) in [7, 11) is 0. The molecule has 0 heterocycles. The van der Waals surface area contributed by atoms with Crippen LogP contribution in [-0.4, -0.2) is 17.8 Å². The molecule has 1 fully saturated rings. The molecule has 1 atom stereocenters. The van der Waals surface area contributed by atoms with Crippen LogP contribution < -0.4 is 5.32 Å². The number of halogens is 1. The van der Waals surface area contributed by atoms with E-state index in [2.05, 4.69) is 40.0 Å². The lowest BCUT2D eigenvalue weighted by Crippen LogP contribution is -2.22. The van der Waals surface area contributed by atoms with Gasteiger partial charge >= 0.3 is 0 Å². The molecular weight excluding hydrogens is 325 g/mol. The van der Waals surface area contributed by atoms with E-state index in [0.717, 1.165) is 18.0 Å². The van der Waals surface area contributed by atoms with Gasteiger partial charge < -0.3 is 10.4 Å². The van der Waals surface area contributed by atoms with Crippen LogP contribution in [0.5, 0.6) is 0 Å². The highest BCUT2D eigenvalue weighted by Gasteiger charge is 2.18. The number of aliphatic hydroxyl groups is 1. The van der Waals surface area contributed by atoms with Crippen LogP contribution in [0, 0.1) is 9.49 Å². The monoisotopic (exact) mass is 345 g/mol. The van der Waals surface area contributed by atoms with Gasteiger partial charge in [0, 0.05) is 15.8 Å². The van der Waals surface area contributed by atoms with Gasteiger partial charge in [0.1, 0.15) is 0 Å². The summed E-state index contributed by atoms with van der Waals surface area (Å²) in [6.07, 6.45) is 6.05. The van der Waals surface area contributed by atoms with Crippen molar-refractivity contribution in [2.45, 2.75) is 38.2 Å². The molecule has 1 unspecified atom stereocenters. The first-order chi connectivity index (χ1) is 8.25. The third-order valence-corrected chi connectivity index (χ3v) is 4.42. The van der Waals surface area contributed by atoms with Gasteiger partial charge in [0.2, 0.25) is 0 Å². The maximum atomic E-state index is 10.00. The second-order valence-corrected chi connectivity index (χ2v) is 6.06. The minimum atomic E-state index is -0.214. The number of benzene rings is 1. The molecule has 0 spiro atoms. The Hall–Kier alpha value is -0.290. The van der Waals surface area contributed by atoms with Crippen molar-refractivity contribution >= 4 is 28.3 Å². The van der Waals surface area contributed by atoms with Crippen molar-refractivity contribution in [2.24, 2.45) is 5.92 Å². The third-order valence-electron chi connectivity index (χ3n) is 3.48. The SMILES string of the molecule is OC(CNc1ccccc1I)CC1CCCC1. The average molecular weight is 345 g/mol. The predicted molar refractivity (Wildman–Crippen MR) is 80.2 cm³/mol. The van der Waals surface area contributed by atoms with E-state index in [0.29, 0.717) is 6.54 Å². The molecule has 0 aromatic heterocycles. The molecule has 17 heavy (non-hydrogen) atoms. The lowest BCUT2D eigenvalue weighted by molar-refractivity contribution is 0.155. The van der Waals surface area contributed by atoms with E-state index in [-0.39, 0.29) is 6.10 Å². The van der Waals surface area contributed by atoms with Crippen molar-refractivity contribution in [3.8, 4) is 0 Å². The lowest BCUT2D eigenvalue weighted by atomic mass is 10.00. The molecule has 94 valence electrons. The summed E-state index contributed by atoms with van der Waals surface area (Å²) < 4.78 is 1.21. The largest absolute Gasteiger partial charge is 0.391 e. The smallest absolute Gasteiger partial charge is 0.0715 e. The Balaban J connectivity index is 1.75. The number of para-hydroxylation sites is 1. The number of rotatable bonds is 5. The molecule has 3 heteroatoms. The van der Waals surface area contributed by atoms with Crippen molar-refractivity contribution in [1.29, 1.82) is 0 Å². The van der Waals surface area contributed by atoms with Gasteiger partial charge in [-0.3, -0.25) is 0 Å². The Morgan fingerprint density at radius 2 is 2.00 bits per heavy atom. The van der Waals surface area contributed by atoms with Gasteiger partial charge in [-0.15, -0.1) is 0 Å². The van der Waals surface area contributed by atoms with Crippen LogP contribution in [0.15, 0.2) is 24.3 Å². The highest BCUT2D eigenvalue weighted by Crippen LogP contribution is 2.28. The van der Waals surface area contributed by atoms with Crippen LogP contribution in [-0.2, 0) is 0 Å². The summed E-state index contributed by atoms with van der Waals surface area (Å²) in [5, 5.41) is 13.3. The summed E-state index contributed by atoms with van der Waals surface area (Å²) in [5.74, 6) is 0.752. The zero-order valence-electron chi connectivity index (χ0n) is 10.0. The molecular formula is C14H20INO. The van der Waals surface area contributed by atoms with Gasteiger partial charge in [-0.25, -0.2) is 0 Å². The second-order valence-electron chi connectivity index (χ2n) is 4.90. The number of hydrogen-bond donors (Lipinski definition) is 2. The van der Waals surface area contributed by atoms with Gasteiger partial charge in [-0.1, -0.05) is 37.8 Å². The summed E-state index contributed by atoms with van der Waals surface area (Å²) >= 11 is 2.31. The molecule has 0 bridgehead atoms. The number of nitrogens with one attached hydrogen (secondary N) is 1.